The summed E-state index contributed by atoms with van der Waals surface area (Å²) in [5.41, 5.74) is 2.17. The maximum Gasteiger partial charge on any atom is 0.253 e. The molecule has 0 unspecified atom stereocenters. The molecule has 1 fully saturated rings. The van der Waals surface area contributed by atoms with Gasteiger partial charge in [0.05, 0.1) is 25.3 Å². The van der Waals surface area contributed by atoms with Crippen LogP contribution in [0.25, 0.3) is 10.9 Å². The number of morpholine rings is 1. The fourth-order valence-corrected chi connectivity index (χ4v) is 4.57. The summed E-state index contributed by atoms with van der Waals surface area (Å²) >= 11 is 0. The molecule has 0 amide bonds. The first kappa shape index (κ1) is 20.8. The third kappa shape index (κ3) is 3.91. The molecule has 2 aliphatic rings. The van der Waals surface area contributed by atoms with Crippen molar-refractivity contribution in [3.8, 4) is 11.5 Å². The molecule has 2 aliphatic heterocycles. The Kier molecular flexibility index (Phi) is 5.44. The predicted molar refractivity (Wildman–Crippen MR) is 123 cm³/mol. The number of pyridine rings is 1. The Hall–Kier alpha value is -3.76. The number of hydrogen-bond acceptors (Lipinski definition) is 8. The summed E-state index contributed by atoms with van der Waals surface area (Å²) in [5, 5.41) is 13.5. The van der Waals surface area contributed by atoms with Gasteiger partial charge in [-0.05, 0) is 28.1 Å². The zero-order valence-corrected chi connectivity index (χ0v) is 18.5. The molecular formula is C24H24N6O4. The van der Waals surface area contributed by atoms with Crippen LogP contribution in [0.5, 0.6) is 11.5 Å². The molecule has 1 atom stereocenters. The van der Waals surface area contributed by atoms with Gasteiger partial charge in [-0.1, -0.05) is 30.3 Å². The van der Waals surface area contributed by atoms with E-state index in [0.717, 1.165) is 10.9 Å². The topological polar surface area (TPSA) is 107 Å². The molecule has 10 nitrogen and oxygen atoms in total. The zero-order chi connectivity index (χ0) is 22.9. The van der Waals surface area contributed by atoms with E-state index >= 15 is 0 Å². The minimum atomic E-state index is -0.427. The number of fused-ring (bicyclic) bond motifs is 2. The Bertz CT molecular complexity index is 1360. The normalized spacial score (nSPS) is 17.1. The average molecular weight is 460 g/mol. The number of benzene rings is 2. The van der Waals surface area contributed by atoms with Crippen LogP contribution in [0.15, 0.2) is 53.3 Å². The summed E-state index contributed by atoms with van der Waals surface area (Å²) in [5.74, 6) is 1.93. The van der Waals surface area contributed by atoms with Gasteiger partial charge in [0.1, 0.15) is 19.3 Å². The Morgan fingerprint density at radius 1 is 0.971 bits per heavy atom. The highest BCUT2D eigenvalue weighted by atomic mass is 16.6. The van der Waals surface area contributed by atoms with Crippen molar-refractivity contribution in [3.05, 3.63) is 75.8 Å². The SMILES string of the molecule is O=c1[nH]c2cc3c(cc2cc1[C@@H](c1nnnn1Cc1ccccc1)N1CCOCC1)OCCO3. The summed E-state index contributed by atoms with van der Waals surface area (Å²) < 4.78 is 18.8. The van der Waals surface area contributed by atoms with Crippen molar-refractivity contribution in [1.29, 1.82) is 0 Å². The minimum absolute atomic E-state index is 0.185. The van der Waals surface area contributed by atoms with Gasteiger partial charge in [0.15, 0.2) is 17.3 Å². The van der Waals surface area contributed by atoms with Crippen LogP contribution >= 0.6 is 0 Å². The zero-order valence-electron chi connectivity index (χ0n) is 18.5. The lowest BCUT2D eigenvalue weighted by Crippen LogP contribution is -2.42. The quantitative estimate of drug-likeness (QED) is 0.480. The average Bonchev–Trinajstić information content (AvgIpc) is 3.32. The summed E-state index contributed by atoms with van der Waals surface area (Å²) in [6, 6.07) is 15.2. The molecule has 0 spiro atoms. The van der Waals surface area contributed by atoms with Crippen LogP contribution in [0.1, 0.15) is 23.0 Å². The van der Waals surface area contributed by atoms with E-state index in [9.17, 15) is 4.79 Å². The summed E-state index contributed by atoms with van der Waals surface area (Å²) in [7, 11) is 0. The fourth-order valence-electron chi connectivity index (χ4n) is 4.57. The molecule has 34 heavy (non-hydrogen) atoms. The molecule has 0 saturated carbocycles. The number of rotatable bonds is 5. The monoisotopic (exact) mass is 460 g/mol. The van der Waals surface area contributed by atoms with Crippen molar-refractivity contribution in [3.63, 3.8) is 0 Å². The van der Waals surface area contributed by atoms with Crippen LogP contribution in [-0.2, 0) is 11.3 Å². The van der Waals surface area contributed by atoms with Gasteiger partial charge < -0.3 is 19.2 Å². The molecular weight excluding hydrogens is 436 g/mol. The van der Waals surface area contributed by atoms with Gasteiger partial charge in [-0.3, -0.25) is 9.69 Å². The van der Waals surface area contributed by atoms with Crippen molar-refractivity contribution in [2.75, 3.05) is 39.5 Å². The molecule has 2 aromatic heterocycles. The highest BCUT2D eigenvalue weighted by Crippen LogP contribution is 2.35. The molecule has 6 rings (SSSR count). The molecule has 174 valence electrons. The van der Waals surface area contributed by atoms with Crippen LogP contribution in [0.3, 0.4) is 0 Å². The van der Waals surface area contributed by atoms with Crippen LogP contribution in [-0.4, -0.2) is 69.6 Å². The van der Waals surface area contributed by atoms with Crippen molar-refractivity contribution in [2.24, 2.45) is 0 Å². The number of aromatic amines is 1. The van der Waals surface area contributed by atoms with Gasteiger partial charge in [0.25, 0.3) is 5.56 Å². The third-order valence-electron chi connectivity index (χ3n) is 6.22. The Morgan fingerprint density at radius 3 is 2.53 bits per heavy atom. The van der Waals surface area contributed by atoms with E-state index in [1.165, 1.54) is 0 Å². The maximum absolute atomic E-state index is 13.4. The third-order valence-corrected chi connectivity index (χ3v) is 6.22. The van der Waals surface area contributed by atoms with E-state index in [1.807, 2.05) is 48.5 Å². The van der Waals surface area contributed by atoms with Crippen LogP contribution < -0.4 is 15.0 Å². The molecule has 0 radical (unpaired) electrons. The van der Waals surface area contributed by atoms with Crippen LogP contribution in [0, 0.1) is 0 Å². The van der Waals surface area contributed by atoms with Gasteiger partial charge in [-0.2, -0.15) is 0 Å². The Labute approximate surface area is 195 Å². The lowest BCUT2D eigenvalue weighted by Gasteiger charge is -2.33. The van der Waals surface area contributed by atoms with Crippen molar-refractivity contribution in [2.45, 2.75) is 12.6 Å². The molecule has 0 aliphatic carbocycles. The van der Waals surface area contributed by atoms with E-state index in [-0.39, 0.29) is 5.56 Å². The standard InChI is InChI=1S/C24H24N6O4/c31-24-18(12-17-13-20-21(14-19(17)25-24)34-11-10-33-20)22(29-6-8-32-9-7-29)23-26-27-28-30(23)15-16-4-2-1-3-5-16/h1-5,12-14,22H,6-11,15H2,(H,25,31)/t22-/m0/s1. The van der Waals surface area contributed by atoms with Gasteiger partial charge in [-0.25, -0.2) is 4.68 Å². The van der Waals surface area contributed by atoms with Gasteiger partial charge in [0, 0.05) is 30.1 Å². The molecule has 4 aromatic rings. The predicted octanol–water partition coefficient (Wildman–Crippen LogP) is 1.76. The second-order valence-corrected chi connectivity index (χ2v) is 8.37. The first-order valence-corrected chi connectivity index (χ1v) is 11.3. The number of hydrogen-bond donors (Lipinski definition) is 1. The Balaban J connectivity index is 1.46. The maximum atomic E-state index is 13.4. The largest absolute Gasteiger partial charge is 0.486 e. The first-order valence-electron chi connectivity index (χ1n) is 11.3. The van der Waals surface area contributed by atoms with Gasteiger partial charge >= 0.3 is 0 Å². The van der Waals surface area contributed by atoms with Crippen molar-refractivity contribution in [1.82, 2.24) is 30.1 Å². The van der Waals surface area contributed by atoms with Crippen molar-refractivity contribution >= 4 is 10.9 Å². The molecule has 0 bridgehead atoms. The fraction of sp³-hybridized carbons (Fsp3) is 0.333. The lowest BCUT2D eigenvalue weighted by atomic mass is 10.0. The van der Waals surface area contributed by atoms with E-state index < -0.39 is 6.04 Å². The summed E-state index contributed by atoms with van der Waals surface area (Å²) in [4.78, 5) is 18.6. The summed E-state index contributed by atoms with van der Waals surface area (Å²) in [6.45, 7) is 4.00. The lowest BCUT2D eigenvalue weighted by molar-refractivity contribution is 0.0214. The molecule has 4 heterocycles. The Morgan fingerprint density at radius 2 is 1.74 bits per heavy atom. The smallest absolute Gasteiger partial charge is 0.253 e. The minimum Gasteiger partial charge on any atom is -0.486 e. The van der Waals surface area contributed by atoms with E-state index in [0.29, 0.717) is 74.5 Å². The number of aromatic nitrogens is 5. The van der Waals surface area contributed by atoms with E-state index in [4.69, 9.17) is 14.2 Å². The second kappa shape index (κ2) is 8.88. The number of tetrazole rings is 1. The van der Waals surface area contributed by atoms with Crippen LogP contribution in [0.2, 0.25) is 0 Å². The van der Waals surface area contributed by atoms with Crippen LogP contribution in [0.4, 0.5) is 0 Å². The molecule has 1 N–H and O–H groups in total. The molecule has 1 saturated heterocycles. The summed E-state index contributed by atoms with van der Waals surface area (Å²) in [6.07, 6.45) is 0. The first-order chi connectivity index (χ1) is 16.8. The molecule has 2 aromatic carbocycles. The number of H-pyrrole nitrogens is 1. The van der Waals surface area contributed by atoms with Crippen molar-refractivity contribution < 1.29 is 14.2 Å². The van der Waals surface area contributed by atoms with Gasteiger partial charge in [-0.15, -0.1) is 5.10 Å². The number of nitrogens with zero attached hydrogens (tertiary/aromatic N) is 5. The number of nitrogens with one attached hydrogen (secondary N) is 1. The highest BCUT2D eigenvalue weighted by molar-refractivity contribution is 5.83. The van der Waals surface area contributed by atoms with Gasteiger partial charge in [0.2, 0.25) is 0 Å². The second-order valence-electron chi connectivity index (χ2n) is 8.37. The number of ether oxygens (including phenoxy) is 3. The highest BCUT2D eigenvalue weighted by Gasteiger charge is 2.31. The van der Waals surface area contributed by atoms with E-state index in [2.05, 4.69) is 25.4 Å². The molecule has 10 heteroatoms. The van der Waals surface area contributed by atoms with E-state index in [1.54, 1.807) is 4.68 Å².